The Morgan fingerprint density at radius 3 is 2.17 bits per heavy atom. The summed E-state index contributed by atoms with van der Waals surface area (Å²) in [6, 6.07) is 23.4. The Morgan fingerprint density at radius 2 is 1.52 bits per heavy atom. The highest BCUT2D eigenvalue weighted by atomic mass is 32.2. The van der Waals surface area contributed by atoms with Gasteiger partial charge in [-0.3, -0.25) is 9.59 Å². The monoisotopic (exact) mass is 559 g/mol. The first-order valence-electron chi connectivity index (χ1n) is 13.2. The van der Waals surface area contributed by atoms with E-state index < -0.39 is 11.9 Å². The van der Waals surface area contributed by atoms with Crippen molar-refractivity contribution in [1.29, 1.82) is 0 Å². The van der Waals surface area contributed by atoms with Crippen LogP contribution in [0.15, 0.2) is 83.9 Å². The third kappa shape index (κ3) is 8.41. The fourth-order valence-electron chi connectivity index (χ4n) is 4.32. The van der Waals surface area contributed by atoms with Crippen LogP contribution in [0.5, 0.6) is 11.5 Å². The molecule has 0 amide bonds. The lowest BCUT2D eigenvalue weighted by molar-refractivity contribution is -0.138. The van der Waals surface area contributed by atoms with Crippen LogP contribution in [0.2, 0.25) is 0 Å². The van der Waals surface area contributed by atoms with Crippen LogP contribution >= 0.6 is 11.8 Å². The second-order valence-corrected chi connectivity index (χ2v) is 10.9. The van der Waals surface area contributed by atoms with Crippen LogP contribution in [0.3, 0.4) is 0 Å². The maximum absolute atomic E-state index is 11.6. The first-order valence-corrected chi connectivity index (χ1v) is 14.1. The number of carboxylic acid groups (broad SMARTS) is 2. The number of carbonyl (C=O) groups is 2. The van der Waals surface area contributed by atoms with Gasteiger partial charge in [0, 0.05) is 21.7 Å². The van der Waals surface area contributed by atoms with E-state index in [2.05, 4.69) is 0 Å². The molecular formula is C32H33NO6S. The van der Waals surface area contributed by atoms with Crippen LogP contribution in [0, 0.1) is 0 Å². The number of fused-ring (bicyclic) bond motifs is 1. The molecule has 0 saturated carbocycles. The Kier molecular flexibility index (Phi) is 10.3. The van der Waals surface area contributed by atoms with Crippen molar-refractivity contribution in [3.8, 4) is 11.5 Å². The highest BCUT2D eigenvalue weighted by Gasteiger charge is 2.17. The number of hydrogen-bond donors (Lipinski definition) is 2. The maximum atomic E-state index is 11.6. The van der Waals surface area contributed by atoms with Gasteiger partial charge in [-0.05, 0) is 48.2 Å². The van der Waals surface area contributed by atoms with Gasteiger partial charge >= 0.3 is 11.9 Å². The SMILES string of the molecule is CC(CC(=O)O)Sc1cn(CC(=O)O)c2c(C=Cc3ccc(OCCCCOc4ccccc4)cc3)cccc12. The van der Waals surface area contributed by atoms with Gasteiger partial charge in [0.1, 0.15) is 18.0 Å². The van der Waals surface area contributed by atoms with Crippen molar-refractivity contribution in [3.05, 3.63) is 90.1 Å². The minimum absolute atomic E-state index is 0.0260. The van der Waals surface area contributed by atoms with E-state index in [4.69, 9.17) is 14.6 Å². The Morgan fingerprint density at radius 1 is 0.850 bits per heavy atom. The predicted molar refractivity (Wildman–Crippen MR) is 159 cm³/mol. The molecule has 208 valence electrons. The average Bonchev–Trinajstić information content (AvgIpc) is 3.26. The number of thioether (sulfide) groups is 1. The van der Waals surface area contributed by atoms with Crippen LogP contribution in [0.25, 0.3) is 23.1 Å². The molecule has 0 aliphatic carbocycles. The van der Waals surface area contributed by atoms with E-state index in [-0.39, 0.29) is 18.2 Å². The van der Waals surface area contributed by atoms with Crippen LogP contribution in [-0.2, 0) is 16.1 Å². The topological polar surface area (TPSA) is 98.0 Å². The number of benzene rings is 3. The Hall–Kier alpha value is -4.17. The average molecular weight is 560 g/mol. The number of aromatic nitrogens is 1. The van der Waals surface area contributed by atoms with Crippen LogP contribution in [-0.4, -0.2) is 45.2 Å². The number of hydrogen-bond acceptors (Lipinski definition) is 5. The third-order valence-electron chi connectivity index (χ3n) is 6.14. The zero-order valence-electron chi connectivity index (χ0n) is 22.4. The van der Waals surface area contributed by atoms with Crippen molar-refractivity contribution in [3.63, 3.8) is 0 Å². The van der Waals surface area contributed by atoms with Crippen molar-refractivity contribution in [2.45, 2.75) is 42.9 Å². The zero-order chi connectivity index (χ0) is 28.3. The van der Waals surface area contributed by atoms with Gasteiger partial charge in [0.2, 0.25) is 0 Å². The molecule has 8 heteroatoms. The fraction of sp³-hybridized carbons (Fsp3) is 0.250. The summed E-state index contributed by atoms with van der Waals surface area (Å²) in [5, 5.41) is 19.4. The number of carboxylic acids is 2. The summed E-state index contributed by atoms with van der Waals surface area (Å²) >= 11 is 1.44. The summed E-state index contributed by atoms with van der Waals surface area (Å²) in [5.74, 6) is -0.119. The Balaban J connectivity index is 1.38. The molecule has 0 aliphatic rings. The van der Waals surface area contributed by atoms with E-state index in [9.17, 15) is 14.7 Å². The van der Waals surface area contributed by atoms with E-state index in [1.165, 1.54) is 11.8 Å². The molecule has 1 aromatic heterocycles. The lowest BCUT2D eigenvalue weighted by Gasteiger charge is -2.08. The second-order valence-electron chi connectivity index (χ2n) is 9.40. The highest BCUT2D eigenvalue weighted by molar-refractivity contribution is 8.00. The fourth-order valence-corrected chi connectivity index (χ4v) is 5.46. The van der Waals surface area contributed by atoms with Crippen molar-refractivity contribution in [2.75, 3.05) is 13.2 Å². The lowest BCUT2D eigenvalue weighted by atomic mass is 10.1. The van der Waals surface area contributed by atoms with Gasteiger partial charge < -0.3 is 24.3 Å². The Bertz CT molecular complexity index is 1450. The molecular weight excluding hydrogens is 526 g/mol. The molecule has 0 bridgehead atoms. The minimum atomic E-state index is -0.940. The summed E-state index contributed by atoms with van der Waals surface area (Å²) < 4.78 is 13.3. The smallest absolute Gasteiger partial charge is 0.323 e. The van der Waals surface area contributed by atoms with Crippen molar-refractivity contribution < 1.29 is 29.3 Å². The quantitative estimate of drug-likeness (QED) is 0.0911. The molecule has 0 aliphatic heterocycles. The predicted octanol–water partition coefficient (Wildman–Crippen LogP) is 7.09. The molecule has 0 radical (unpaired) electrons. The van der Waals surface area contributed by atoms with Gasteiger partial charge in [-0.25, -0.2) is 0 Å². The number of aliphatic carboxylic acids is 2. The van der Waals surface area contributed by atoms with Gasteiger partial charge in [0.25, 0.3) is 0 Å². The van der Waals surface area contributed by atoms with Crippen LogP contribution in [0.1, 0.15) is 37.3 Å². The van der Waals surface area contributed by atoms with Crippen LogP contribution < -0.4 is 9.47 Å². The number of ether oxygens (including phenoxy) is 2. The van der Waals surface area contributed by atoms with Gasteiger partial charge in [0.05, 0.1) is 25.2 Å². The molecule has 0 saturated heterocycles. The molecule has 0 spiro atoms. The molecule has 4 rings (SSSR count). The van der Waals surface area contributed by atoms with E-state index in [0.29, 0.717) is 13.2 Å². The molecule has 3 aromatic carbocycles. The number of para-hydroxylation sites is 2. The van der Waals surface area contributed by atoms with E-state index in [1.807, 2.05) is 91.9 Å². The maximum Gasteiger partial charge on any atom is 0.323 e. The molecule has 7 nitrogen and oxygen atoms in total. The molecule has 2 N–H and O–H groups in total. The first kappa shape index (κ1) is 28.8. The van der Waals surface area contributed by atoms with Gasteiger partial charge in [-0.2, -0.15) is 0 Å². The molecule has 1 unspecified atom stereocenters. The highest BCUT2D eigenvalue weighted by Crippen LogP contribution is 2.35. The minimum Gasteiger partial charge on any atom is -0.494 e. The summed E-state index contributed by atoms with van der Waals surface area (Å²) in [6.45, 7) is 2.94. The van der Waals surface area contributed by atoms with E-state index >= 15 is 0 Å². The molecule has 1 heterocycles. The van der Waals surface area contributed by atoms with Crippen molar-refractivity contribution in [1.82, 2.24) is 4.57 Å². The van der Waals surface area contributed by atoms with Gasteiger partial charge in [0.15, 0.2) is 0 Å². The normalized spacial score (nSPS) is 12.0. The summed E-state index contributed by atoms with van der Waals surface area (Å²) in [7, 11) is 0. The second kappa shape index (κ2) is 14.3. The van der Waals surface area contributed by atoms with Crippen LogP contribution in [0.4, 0.5) is 0 Å². The standard InChI is InChI=1S/C32H33NO6S/c1-23(20-30(34)35)40-29-21-33(22-31(36)37)32-25(8-7-11-28(29)32)15-12-24-13-16-27(17-14-24)39-19-6-5-18-38-26-9-3-2-4-10-26/h2-4,7-17,21,23H,5-6,18-20,22H2,1H3,(H,34,35)(H,36,37). The zero-order valence-corrected chi connectivity index (χ0v) is 23.2. The van der Waals surface area contributed by atoms with Gasteiger partial charge in [-0.15, -0.1) is 11.8 Å². The van der Waals surface area contributed by atoms with E-state index in [0.717, 1.165) is 51.3 Å². The Labute approximate surface area is 238 Å². The van der Waals surface area contributed by atoms with Crippen molar-refractivity contribution in [2.24, 2.45) is 0 Å². The van der Waals surface area contributed by atoms with Gasteiger partial charge in [-0.1, -0.05) is 67.6 Å². The molecule has 4 aromatic rings. The molecule has 1 atom stereocenters. The largest absolute Gasteiger partial charge is 0.494 e. The summed E-state index contributed by atoms with van der Waals surface area (Å²) in [6.07, 6.45) is 7.58. The molecule has 40 heavy (non-hydrogen) atoms. The number of rotatable bonds is 15. The third-order valence-corrected chi connectivity index (χ3v) is 7.29. The summed E-state index contributed by atoms with van der Waals surface area (Å²) in [4.78, 5) is 23.6. The number of unbranched alkanes of at least 4 members (excludes halogenated alkanes) is 1. The van der Waals surface area contributed by atoms with E-state index in [1.54, 1.807) is 10.8 Å². The molecule has 0 fully saturated rings. The first-order chi connectivity index (χ1) is 19.4. The number of nitrogens with zero attached hydrogens (tertiary/aromatic N) is 1. The summed E-state index contributed by atoms with van der Waals surface area (Å²) in [5.41, 5.74) is 2.68. The van der Waals surface area contributed by atoms with Crippen molar-refractivity contribution >= 4 is 46.8 Å². The lowest BCUT2D eigenvalue weighted by Crippen LogP contribution is -2.08.